The van der Waals surface area contributed by atoms with Crippen LogP contribution in [0.5, 0.6) is 11.5 Å². The molecule has 2 N–H and O–H groups in total. The molecule has 0 bridgehead atoms. The Morgan fingerprint density at radius 1 is 1.03 bits per heavy atom. The summed E-state index contributed by atoms with van der Waals surface area (Å²) in [5, 5.41) is 6.14. The highest BCUT2D eigenvalue weighted by Gasteiger charge is 2.70. The van der Waals surface area contributed by atoms with Gasteiger partial charge in [0.25, 0.3) is 0 Å². The molecule has 0 aromatic heterocycles. The smallest absolute Gasteiger partial charge is 0.250 e. The van der Waals surface area contributed by atoms with Gasteiger partial charge in [-0.1, -0.05) is 19.9 Å². The van der Waals surface area contributed by atoms with E-state index < -0.39 is 41.0 Å². The zero-order chi connectivity index (χ0) is 25.8. The molecule has 3 aliphatic heterocycles. The SMILES string of the molecule is COc1ccc(CCN2C(=O)[C@H]3[C@@H](C2=O)[C@@]2(N[C@@H]3CC(C)C)C(=O)Nc3ccc(F)cc32)cc1OC. The van der Waals surface area contributed by atoms with Gasteiger partial charge in [0.2, 0.25) is 17.7 Å². The lowest BCUT2D eigenvalue weighted by Gasteiger charge is -2.30. The molecular weight excluding hydrogens is 465 g/mol. The molecule has 2 aromatic rings. The maximum Gasteiger partial charge on any atom is 0.250 e. The maximum atomic E-state index is 14.3. The Bertz CT molecular complexity index is 1250. The van der Waals surface area contributed by atoms with Crippen LogP contribution in [0.2, 0.25) is 0 Å². The molecule has 3 heterocycles. The van der Waals surface area contributed by atoms with E-state index in [9.17, 15) is 18.8 Å². The van der Waals surface area contributed by atoms with Crippen LogP contribution in [0.3, 0.4) is 0 Å². The van der Waals surface area contributed by atoms with Gasteiger partial charge in [-0.3, -0.25) is 24.6 Å². The first-order valence-electron chi connectivity index (χ1n) is 12.2. The molecule has 4 atom stereocenters. The van der Waals surface area contributed by atoms with E-state index in [1.165, 1.54) is 23.1 Å². The molecular formula is C27H30FN3O5. The Morgan fingerprint density at radius 3 is 2.47 bits per heavy atom. The molecule has 3 amide bonds. The number of benzene rings is 2. The average Bonchev–Trinajstić information content (AvgIpc) is 3.41. The van der Waals surface area contributed by atoms with Crippen molar-refractivity contribution in [3.63, 3.8) is 0 Å². The Hall–Kier alpha value is -3.46. The number of fused-ring (bicyclic) bond motifs is 4. The number of carbonyl (C=O) groups is 3. The fraction of sp³-hybridized carbons (Fsp3) is 0.444. The minimum absolute atomic E-state index is 0.169. The van der Waals surface area contributed by atoms with Gasteiger partial charge >= 0.3 is 0 Å². The number of anilines is 1. The third-order valence-electron chi connectivity index (χ3n) is 7.57. The van der Waals surface area contributed by atoms with Crippen molar-refractivity contribution in [3.05, 3.63) is 53.3 Å². The molecule has 36 heavy (non-hydrogen) atoms. The average molecular weight is 496 g/mol. The number of nitrogens with one attached hydrogen (secondary N) is 2. The number of nitrogens with zero attached hydrogens (tertiary/aromatic N) is 1. The van der Waals surface area contributed by atoms with Gasteiger partial charge in [-0.05, 0) is 54.7 Å². The Balaban J connectivity index is 1.49. The number of likely N-dealkylation sites (tertiary alicyclic amines) is 1. The van der Waals surface area contributed by atoms with Crippen LogP contribution in [0.1, 0.15) is 31.4 Å². The molecule has 2 fully saturated rings. The lowest BCUT2D eigenvalue weighted by Crippen LogP contribution is -2.53. The predicted octanol–water partition coefficient (Wildman–Crippen LogP) is 2.85. The van der Waals surface area contributed by atoms with E-state index in [0.717, 1.165) is 5.56 Å². The van der Waals surface area contributed by atoms with E-state index in [4.69, 9.17) is 9.47 Å². The molecule has 3 aliphatic rings. The Morgan fingerprint density at radius 2 is 1.78 bits per heavy atom. The fourth-order valence-electron chi connectivity index (χ4n) is 6.04. The first-order valence-corrected chi connectivity index (χ1v) is 12.2. The first-order chi connectivity index (χ1) is 17.2. The highest BCUT2D eigenvalue weighted by molar-refractivity contribution is 6.15. The molecule has 8 nitrogen and oxygen atoms in total. The number of hydrogen-bond acceptors (Lipinski definition) is 6. The molecule has 0 aliphatic carbocycles. The minimum Gasteiger partial charge on any atom is -0.493 e. The predicted molar refractivity (Wildman–Crippen MR) is 130 cm³/mol. The summed E-state index contributed by atoms with van der Waals surface area (Å²) in [6.07, 6.45) is 1.02. The molecule has 2 saturated heterocycles. The highest BCUT2D eigenvalue weighted by Crippen LogP contribution is 2.53. The highest BCUT2D eigenvalue weighted by atomic mass is 19.1. The summed E-state index contributed by atoms with van der Waals surface area (Å²) in [6, 6.07) is 9.13. The maximum absolute atomic E-state index is 14.3. The van der Waals surface area contributed by atoms with Crippen LogP contribution < -0.4 is 20.1 Å². The lowest BCUT2D eigenvalue weighted by atomic mass is 9.76. The minimum atomic E-state index is -1.48. The third kappa shape index (κ3) is 3.56. The molecule has 5 rings (SSSR count). The molecule has 9 heteroatoms. The van der Waals surface area contributed by atoms with Crippen molar-refractivity contribution in [3.8, 4) is 11.5 Å². The van der Waals surface area contributed by atoms with Crippen molar-refractivity contribution in [1.82, 2.24) is 10.2 Å². The van der Waals surface area contributed by atoms with Crippen LogP contribution in [0, 0.1) is 23.6 Å². The zero-order valence-corrected chi connectivity index (χ0v) is 20.8. The fourth-order valence-corrected chi connectivity index (χ4v) is 6.04. The summed E-state index contributed by atoms with van der Waals surface area (Å²) >= 11 is 0. The summed E-state index contributed by atoms with van der Waals surface area (Å²) in [5.41, 5.74) is 0.244. The number of imide groups is 1. The van der Waals surface area contributed by atoms with Gasteiger partial charge in [-0.25, -0.2) is 4.39 Å². The van der Waals surface area contributed by atoms with Gasteiger partial charge < -0.3 is 14.8 Å². The standard InChI is InChI=1S/C27H30FN3O5/c1-14(2)11-19-22-23(27(30-19)17-13-16(28)6-7-18(17)29-26(27)34)25(33)31(24(22)32)10-9-15-5-8-20(35-3)21(12-15)36-4/h5-8,12-14,19,22-23,30H,9-11H2,1-4H3,(H,29,34)/t19-,22-,23+,27-/m1/s1. The summed E-state index contributed by atoms with van der Waals surface area (Å²) < 4.78 is 25.0. The van der Waals surface area contributed by atoms with E-state index in [-0.39, 0.29) is 18.4 Å². The molecule has 190 valence electrons. The van der Waals surface area contributed by atoms with Gasteiger partial charge in [0, 0.05) is 23.8 Å². The van der Waals surface area contributed by atoms with Gasteiger partial charge in [0.1, 0.15) is 11.4 Å². The van der Waals surface area contributed by atoms with Crippen LogP contribution in [0.4, 0.5) is 10.1 Å². The van der Waals surface area contributed by atoms with Gasteiger partial charge in [-0.2, -0.15) is 0 Å². The third-order valence-corrected chi connectivity index (χ3v) is 7.57. The number of hydrogen-bond donors (Lipinski definition) is 2. The van der Waals surface area contributed by atoms with Crippen LogP contribution in [0.15, 0.2) is 36.4 Å². The van der Waals surface area contributed by atoms with Crippen LogP contribution in [-0.4, -0.2) is 49.4 Å². The number of rotatable bonds is 7. The zero-order valence-electron chi connectivity index (χ0n) is 20.8. The number of halogens is 1. The monoisotopic (exact) mass is 495 g/mol. The van der Waals surface area contributed by atoms with Crippen LogP contribution in [-0.2, 0) is 26.3 Å². The summed E-state index contributed by atoms with van der Waals surface area (Å²) in [6.45, 7) is 4.22. The number of ether oxygens (including phenoxy) is 2. The summed E-state index contributed by atoms with van der Waals surface area (Å²) in [4.78, 5) is 42.2. The van der Waals surface area contributed by atoms with Gasteiger partial charge in [0.05, 0.1) is 26.1 Å². The van der Waals surface area contributed by atoms with Crippen molar-refractivity contribution in [2.24, 2.45) is 17.8 Å². The van der Waals surface area contributed by atoms with E-state index >= 15 is 0 Å². The molecule has 0 saturated carbocycles. The number of amides is 3. The largest absolute Gasteiger partial charge is 0.493 e. The second-order valence-electron chi connectivity index (χ2n) is 10.1. The Kier molecular flexibility index (Phi) is 5.98. The van der Waals surface area contributed by atoms with Crippen LogP contribution >= 0.6 is 0 Å². The van der Waals surface area contributed by atoms with E-state index in [1.54, 1.807) is 20.3 Å². The van der Waals surface area contributed by atoms with Gasteiger partial charge in [0.15, 0.2) is 11.5 Å². The molecule has 2 aromatic carbocycles. The number of methoxy groups -OCH3 is 2. The second-order valence-corrected chi connectivity index (χ2v) is 10.1. The van der Waals surface area contributed by atoms with E-state index in [0.29, 0.717) is 35.6 Å². The van der Waals surface area contributed by atoms with Crippen molar-refractivity contribution < 1.29 is 28.2 Å². The van der Waals surface area contributed by atoms with Crippen molar-refractivity contribution in [2.45, 2.75) is 38.3 Å². The number of carbonyl (C=O) groups excluding carboxylic acids is 3. The van der Waals surface area contributed by atoms with E-state index in [2.05, 4.69) is 10.6 Å². The van der Waals surface area contributed by atoms with Crippen LogP contribution in [0.25, 0.3) is 0 Å². The topological polar surface area (TPSA) is 97.0 Å². The quantitative estimate of drug-likeness (QED) is 0.574. The van der Waals surface area contributed by atoms with Gasteiger partial charge in [-0.15, -0.1) is 0 Å². The van der Waals surface area contributed by atoms with Crippen molar-refractivity contribution >= 4 is 23.4 Å². The first kappa shape index (κ1) is 24.2. The summed E-state index contributed by atoms with van der Waals surface area (Å²) in [5.74, 6) is -1.90. The Labute approximate surface area is 209 Å². The molecule has 0 unspecified atom stereocenters. The lowest BCUT2D eigenvalue weighted by molar-refractivity contribution is -0.142. The molecule has 1 spiro atoms. The van der Waals surface area contributed by atoms with Crippen molar-refractivity contribution in [1.29, 1.82) is 0 Å². The normalized spacial score (nSPS) is 26.6. The molecule has 0 radical (unpaired) electrons. The van der Waals surface area contributed by atoms with Crippen molar-refractivity contribution in [2.75, 3.05) is 26.1 Å². The van der Waals surface area contributed by atoms with E-state index in [1.807, 2.05) is 26.0 Å². The summed E-state index contributed by atoms with van der Waals surface area (Å²) in [7, 11) is 3.10. The second kappa shape index (κ2) is 8.89.